The fourth-order valence-corrected chi connectivity index (χ4v) is 2.65. The van der Waals surface area contributed by atoms with Crippen LogP contribution in [0.1, 0.15) is 37.1 Å². The Morgan fingerprint density at radius 2 is 2.15 bits per heavy atom. The van der Waals surface area contributed by atoms with Crippen molar-refractivity contribution in [2.75, 3.05) is 0 Å². The summed E-state index contributed by atoms with van der Waals surface area (Å²) in [6.45, 7) is 10.2. The Balaban J connectivity index is 2.70. The summed E-state index contributed by atoms with van der Waals surface area (Å²) in [4.78, 5) is 3.58. The summed E-state index contributed by atoms with van der Waals surface area (Å²) in [5.74, 6) is 0. The molecule has 1 heterocycles. The lowest BCUT2D eigenvalue weighted by Gasteiger charge is -2.04. The number of hydrogen-bond acceptors (Lipinski definition) is 0. The molecule has 0 aliphatic heterocycles. The number of hydrogen-bond donors (Lipinski definition) is 1. The molecule has 1 nitrogen and oxygen atoms in total. The molecule has 2 aromatic rings. The first-order valence-electron chi connectivity index (χ1n) is 7.28. The van der Waals surface area contributed by atoms with Gasteiger partial charge >= 0.3 is 0 Å². The van der Waals surface area contributed by atoms with Crippen molar-refractivity contribution in [2.45, 2.75) is 33.6 Å². The van der Waals surface area contributed by atoms with Crippen LogP contribution in [0, 0.1) is 6.92 Å². The van der Waals surface area contributed by atoms with Crippen LogP contribution in [0.15, 0.2) is 49.1 Å². The average Bonchev–Trinajstić information content (AvgIpc) is 2.77. The van der Waals surface area contributed by atoms with Gasteiger partial charge < -0.3 is 4.98 Å². The van der Waals surface area contributed by atoms with Crippen LogP contribution in [0.25, 0.3) is 16.5 Å². The molecule has 0 spiro atoms. The Labute approximate surface area is 121 Å². The van der Waals surface area contributed by atoms with Gasteiger partial charge in [0.2, 0.25) is 0 Å². The van der Waals surface area contributed by atoms with Crippen LogP contribution >= 0.6 is 0 Å². The quantitative estimate of drug-likeness (QED) is 0.680. The fourth-order valence-electron chi connectivity index (χ4n) is 2.65. The van der Waals surface area contributed by atoms with Gasteiger partial charge in [-0.2, -0.15) is 0 Å². The summed E-state index contributed by atoms with van der Waals surface area (Å²) in [5.41, 5.74) is 6.36. The van der Waals surface area contributed by atoms with Gasteiger partial charge in [0.05, 0.1) is 0 Å². The largest absolute Gasteiger partial charge is 0.354 e. The molecule has 0 saturated carbocycles. The highest BCUT2D eigenvalue weighted by molar-refractivity contribution is 5.91. The number of nitrogens with one attached hydrogen (secondary N) is 1. The number of aromatic amines is 1. The Morgan fingerprint density at radius 1 is 1.35 bits per heavy atom. The number of rotatable bonds is 5. The van der Waals surface area contributed by atoms with Crippen LogP contribution in [0.5, 0.6) is 0 Å². The zero-order chi connectivity index (χ0) is 14.5. The maximum Gasteiger partial charge on any atom is 0.0497 e. The van der Waals surface area contributed by atoms with E-state index in [1.807, 2.05) is 13.0 Å². The van der Waals surface area contributed by atoms with Crippen LogP contribution < -0.4 is 0 Å². The lowest BCUT2D eigenvalue weighted by molar-refractivity contribution is 0.925. The molecule has 0 bridgehead atoms. The predicted molar refractivity (Wildman–Crippen MR) is 90.0 cm³/mol. The Hall–Kier alpha value is -2.02. The molecule has 0 saturated heterocycles. The van der Waals surface area contributed by atoms with Crippen molar-refractivity contribution in [3.63, 3.8) is 0 Å². The maximum absolute atomic E-state index is 3.83. The SMILES string of the molecule is C=C/C=C(\C=C/C)c1[nH]c2ccc(C)cc2c1CCC. The van der Waals surface area contributed by atoms with E-state index in [0.717, 1.165) is 12.8 Å². The van der Waals surface area contributed by atoms with Crippen molar-refractivity contribution < 1.29 is 0 Å². The van der Waals surface area contributed by atoms with E-state index in [1.165, 1.54) is 33.3 Å². The molecule has 2 rings (SSSR count). The molecule has 0 atom stereocenters. The first-order chi connectivity index (χ1) is 9.71. The molecular formula is C19H23N. The van der Waals surface area contributed by atoms with Gasteiger partial charge in [-0.25, -0.2) is 0 Å². The Morgan fingerprint density at radius 3 is 2.80 bits per heavy atom. The summed E-state index contributed by atoms with van der Waals surface area (Å²) in [7, 11) is 0. The van der Waals surface area contributed by atoms with Crippen molar-refractivity contribution in [3.05, 3.63) is 65.9 Å². The van der Waals surface area contributed by atoms with E-state index in [4.69, 9.17) is 0 Å². The van der Waals surface area contributed by atoms with Gasteiger partial charge in [0.25, 0.3) is 0 Å². The molecule has 0 amide bonds. The minimum absolute atomic E-state index is 1.09. The average molecular weight is 265 g/mol. The number of aryl methyl sites for hydroxylation is 2. The fraction of sp³-hybridized carbons (Fsp3) is 0.263. The third kappa shape index (κ3) is 2.77. The van der Waals surface area contributed by atoms with Crippen LogP contribution in [-0.2, 0) is 6.42 Å². The number of allylic oxidation sites excluding steroid dienone is 5. The third-order valence-corrected chi connectivity index (χ3v) is 3.49. The maximum atomic E-state index is 3.83. The molecule has 0 fully saturated rings. The zero-order valence-electron chi connectivity index (χ0n) is 12.7. The van der Waals surface area contributed by atoms with E-state index in [2.05, 4.69) is 61.8 Å². The monoisotopic (exact) mass is 265 g/mol. The third-order valence-electron chi connectivity index (χ3n) is 3.49. The van der Waals surface area contributed by atoms with Crippen LogP contribution in [0.3, 0.4) is 0 Å². The molecule has 1 heteroatoms. The van der Waals surface area contributed by atoms with Gasteiger partial charge in [-0.3, -0.25) is 0 Å². The highest BCUT2D eigenvalue weighted by Gasteiger charge is 2.12. The van der Waals surface area contributed by atoms with Crippen LogP contribution in [0.2, 0.25) is 0 Å². The molecule has 0 aliphatic rings. The normalized spacial score (nSPS) is 12.4. The summed E-state index contributed by atoms with van der Waals surface area (Å²) in [6.07, 6.45) is 10.4. The Bertz CT molecular complexity index is 668. The molecule has 1 aromatic carbocycles. The second-order valence-electron chi connectivity index (χ2n) is 5.14. The number of benzene rings is 1. The molecule has 1 aromatic heterocycles. The lowest BCUT2D eigenvalue weighted by Crippen LogP contribution is -1.90. The van der Waals surface area contributed by atoms with Crippen molar-refractivity contribution in [3.8, 4) is 0 Å². The zero-order valence-corrected chi connectivity index (χ0v) is 12.7. The first-order valence-corrected chi connectivity index (χ1v) is 7.28. The summed E-state index contributed by atoms with van der Waals surface area (Å²) in [6, 6.07) is 6.61. The molecule has 20 heavy (non-hydrogen) atoms. The number of H-pyrrole nitrogens is 1. The van der Waals surface area contributed by atoms with E-state index in [0.29, 0.717) is 0 Å². The molecule has 1 N–H and O–H groups in total. The smallest absolute Gasteiger partial charge is 0.0497 e. The van der Waals surface area contributed by atoms with Gasteiger partial charge in [-0.05, 0) is 43.5 Å². The summed E-state index contributed by atoms with van der Waals surface area (Å²) >= 11 is 0. The van der Waals surface area contributed by atoms with Gasteiger partial charge in [-0.1, -0.05) is 55.9 Å². The van der Waals surface area contributed by atoms with Gasteiger partial charge in [-0.15, -0.1) is 0 Å². The summed E-state index contributed by atoms with van der Waals surface area (Å²) in [5, 5.41) is 1.35. The van der Waals surface area contributed by atoms with Gasteiger partial charge in [0.15, 0.2) is 0 Å². The van der Waals surface area contributed by atoms with Crippen LogP contribution in [0.4, 0.5) is 0 Å². The van der Waals surface area contributed by atoms with Crippen molar-refractivity contribution >= 4 is 16.5 Å². The topological polar surface area (TPSA) is 15.8 Å². The minimum Gasteiger partial charge on any atom is -0.354 e. The van der Waals surface area contributed by atoms with Crippen molar-refractivity contribution in [1.82, 2.24) is 4.98 Å². The first kappa shape index (κ1) is 14.4. The summed E-state index contributed by atoms with van der Waals surface area (Å²) < 4.78 is 0. The van der Waals surface area contributed by atoms with E-state index < -0.39 is 0 Å². The van der Waals surface area contributed by atoms with E-state index in [1.54, 1.807) is 0 Å². The van der Waals surface area contributed by atoms with Crippen LogP contribution in [-0.4, -0.2) is 4.98 Å². The lowest BCUT2D eigenvalue weighted by atomic mass is 10.00. The van der Waals surface area contributed by atoms with Gasteiger partial charge in [0.1, 0.15) is 0 Å². The second kappa shape index (κ2) is 6.42. The highest BCUT2D eigenvalue weighted by Crippen LogP contribution is 2.30. The second-order valence-corrected chi connectivity index (χ2v) is 5.14. The van der Waals surface area contributed by atoms with E-state index in [-0.39, 0.29) is 0 Å². The van der Waals surface area contributed by atoms with Crippen molar-refractivity contribution in [1.29, 1.82) is 0 Å². The highest BCUT2D eigenvalue weighted by atomic mass is 14.7. The molecule has 0 radical (unpaired) electrons. The number of aromatic nitrogens is 1. The van der Waals surface area contributed by atoms with Gasteiger partial charge in [0, 0.05) is 16.6 Å². The minimum atomic E-state index is 1.09. The molecule has 0 aliphatic carbocycles. The van der Waals surface area contributed by atoms with Crippen molar-refractivity contribution in [2.24, 2.45) is 0 Å². The molecular weight excluding hydrogens is 242 g/mol. The standard InChI is InChI=1S/C19H23N/c1-5-8-15(9-6-2)19-16(10-7-3)17-13-14(4)11-12-18(17)20-19/h5-6,8-9,11-13,20H,1,7,10H2,2-4H3/b9-6-,15-8+. The number of fused-ring (bicyclic) bond motifs is 1. The molecule has 104 valence electrons. The molecule has 0 unspecified atom stereocenters. The predicted octanol–water partition coefficient (Wildman–Crippen LogP) is 5.57. The Kier molecular flexibility index (Phi) is 4.62. The van der Waals surface area contributed by atoms with E-state index in [9.17, 15) is 0 Å². The van der Waals surface area contributed by atoms with E-state index >= 15 is 0 Å².